The van der Waals surface area contributed by atoms with Crippen molar-refractivity contribution in [2.45, 2.75) is 46.2 Å². The fraction of sp³-hybridized carbons (Fsp3) is 0.833. The lowest BCUT2D eigenvalue weighted by atomic mass is 10.4. The van der Waals surface area contributed by atoms with Gasteiger partial charge in [0.2, 0.25) is 0 Å². The Morgan fingerprint density at radius 2 is 2.24 bits per heavy atom. The highest BCUT2D eigenvalue weighted by atomic mass is 16.5. The summed E-state index contributed by atoms with van der Waals surface area (Å²) < 4.78 is 7.35. The van der Waals surface area contributed by atoms with Gasteiger partial charge in [0.1, 0.15) is 12.2 Å². The number of ether oxygens (including phenoxy) is 1. The summed E-state index contributed by atoms with van der Waals surface area (Å²) in [7, 11) is 0. The molecule has 0 aliphatic rings. The van der Waals surface area contributed by atoms with Gasteiger partial charge in [0.25, 0.3) is 0 Å². The Morgan fingerprint density at radius 3 is 2.94 bits per heavy atom. The van der Waals surface area contributed by atoms with Gasteiger partial charge in [-0.1, -0.05) is 6.92 Å². The third kappa shape index (κ3) is 5.28. The van der Waals surface area contributed by atoms with Crippen LogP contribution in [-0.2, 0) is 11.3 Å². The van der Waals surface area contributed by atoms with Crippen LogP contribution in [0.5, 0.6) is 0 Å². The van der Waals surface area contributed by atoms with Crippen LogP contribution in [0.15, 0.2) is 6.33 Å². The summed E-state index contributed by atoms with van der Waals surface area (Å²) in [5, 5.41) is 7.55. The molecule has 1 aromatic rings. The molecule has 0 fully saturated rings. The molecule has 0 radical (unpaired) electrons. The van der Waals surface area contributed by atoms with E-state index >= 15 is 0 Å². The number of rotatable bonds is 9. The Kier molecular flexibility index (Phi) is 6.81. The molecule has 0 saturated carbocycles. The molecule has 0 unspecified atom stereocenters. The van der Waals surface area contributed by atoms with Gasteiger partial charge >= 0.3 is 0 Å². The van der Waals surface area contributed by atoms with Crippen LogP contribution >= 0.6 is 0 Å². The Balaban J connectivity index is 2.11. The molecule has 0 aromatic carbocycles. The molecule has 5 heteroatoms. The number of hydrogen-bond acceptors (Lipinski definition) is 4. The molecule has 0 aliphatic heterocycles. The Bertz CT molecular complexity index is 298. The molecule has 1 heterocycles. The Morgan fingerprint density at radius 1 is 1.41 bits per heavy atom. The molecule has 1 N–H and O–H groups in total. The molecule has 0 bridgehead atoms. The first-order chi connectivity index (χ1) is 8.25. The first-order valence-electron chi connectivity index (χ1n) is 6.42. The quantitative estimate of drug-likeness (QED) is 0.668. The van der Waals surface area contributed by atoms with Gasteiger partial charge < -0.3 is 10.1 Å². The monoisotopic (exact) mass is 240 g/mol. The van der Waals surface area contributed by atoms with Gasteiger partial charge in [-0.05, 0) is 33.2 Å². The normalized spacial score (nSPS) is 11.3. The standard InChI is InChI=1S/C12H24N4O/c1-4-7-17-8-5-6-13-9-12-14-10-15-16(12)11(2)3/h10-11,13H,4-9H2,1-3H3. The minimum Gasteiger partial charge on any atom is -0.381 e. The lowest BCUT2D eigenvalue weighted by Gasteiger charge is -2.10. The maximum absolute atomic E-state index is 5.41. The number of aromatic nitrogens is 3. The van der Waals surface area contributed by atoms with E-state index in [0.29, 0.717) is 6.04 Å². The molecule has 98 valence electrons. The van der Waals surface area contributed by atoms with E-state index in [0.717, 1.165) is 45.0 Å². The average molecular weight is 240 g/mol. The van der Waals surface area contributed by atoms with Gasteiger partial charge in [-0.15, -0.1) is 0 Å². The maximum atomic E-state index is 5.41. The van der Waals surface area contributed by atoms with E-state index in [1.807, 2.05) is 4.68 Å². The maximum Gasteiger partial charge on any atom is 0.141 e. The summed E-state index contributed by atoms with van der Waals surface area (Å²) >= 11 is 0. The highest BCUT2D eigenvalue weighted by molar-refractivity contribution is 4.85. The van der Waals surface area contributed by atoms with Gasteiger partial charge in [-0.2, -0.15) is 5.10 Å². The molecule has 0 aliphatic carbocycles. The molecular formula is C12H24N4O. The van der Waals surface area contributed by atoms with Crippen molar-refractivity contribution in [2.24, 2.45) is 0 Å². The van der Waals surface area contributed by atoms with E-state index in [9.17, 15) is 0 Å². The summed E-state index contributed by atoms with van der Waals surface area (Å²) in [5.74, 6) is 0.995. The summed E-state index contributed by atoms with van der Waals surface area (Å²) in [6, 6.07) is 0.363. The molecule has 0 amide bonds. The van der Waals surface area contributed by atoms with Gasteiger partial charge in [-0.3, -0.25) is 0 Å². The molecule has 17 heavy (non-hydrogen) atoms. The van der Waals surface area contributed by atoms with E-state index in [-0.39, 0.29) is 0 Å². The molecule has 1 aromatic heterocycles. The molecular weight excluding hydrogens is 216 g/mol. The van der Waals surface area contributed by atoms with Crippen molar-refractivity contribution in [3.63, 3.8) is 0 Å². The van der Waals surface area contributed by atoms with Crippen LogP contribution in [0.4, 0.5) is 0 Å². The van der Waals surface area contributed by atoms with Crippen LogP contribution in [-0.4, -0.2) is 34.5 Å². The minimum atomic E-state index is 0.363. The SMILES string of the molecule is CCCOCCCNCc1ncnn1C(C)C. The largest absolute Gasteiger partial charge is 0.381 e. The van der Waals surface area contributed by atoms with Crippen LogP contribution < -0.4 is 5.32 Å². The third-order valence-corrected chi connectivity index (χ3v) is 2.41. The van der Waals surface area contributed by atoms with Crippen molar-refractivity contribution in [1.29, 1.82) is 0 Å². The van der Waals surface area contributed by atoms with Gasteiger partial charge in [-0.25, -0.2) is 9.67 Å². The van der Waals surface area contributed by atoms with Crippen molar-refractivity contribution >= 4 is 0 Å². The molecule has 0 saturated heterocycles. The molecule has 0 spiro atoms. The molecule has 0 atom stereocenters. The number of nitrogens with zero attached hydrogens (tertiary/aromatic N) is 3. The van der Waals surface area contributed by atoms with E-state index in [4.69, 9.17) is 4.74 Å². The second-order valence-corrected chi connectivity index (χ2v) is 4.36. The zero-order chi connectivity index (χ0) is 12.5. The predicted molar refractivity (Wildman–Crippen MR) is 67.8 cm³/mol. The topological polar surface area (TPSA) is 52.0 Å². The van der Waals surface area contributed by atoms with Crippen molar-refractivity contribution < 1.29 is 4.74 Å². The van der Waals surface area contributed by atoms with Crippen molar-refractivity contribution in [3.8, 4) is 0 Å². The summed E-state index contributed by atoms with van der Waals surface area (Å²) in [5.41, 5.74) is 0. The van der Waals surface area contributed by atoms with Gasteiger partial charge in [0.15, 0.2) is 0 Å². The predicted octanol–water partition coefficient (Wildman–Crippen LogP) is 1.77. The van der Waals surface area contributed by atoms with E-state index in [2.05, 4.69) is 36.2 Å². The summed E-state index contributed by atoms with van der Waals surface area (Å²) in [6.07, 6.45) is 3.74. The van der Waals surface area contributed by atoms with Crippen molar-refractivity contribution in [1.82, 2.24) is 20.1 Å². The third-order valence-electron chi connectivity index (χ3n) is 2.41. The van der Waals surface area contributed by atoms with E-state index in [1.165, 1.54) is 0 Å². The Labute approximate surface area is 104 Å². The zero-order valence-corrected chi connectivity index (χ0v) is 11.1. The van der Waals surface area contributed by atoms with Gasteiger partial charge in [0.05, 0.1) is 6.54 Å². The van der Waals surface area contributed by atoms with Crippen LogP contribution in [0.25, 0.3) is 0 Å². The summed E-state index contributed by atoms with van der Waals surface area (Å²) in [4.78, 5) is 4.24. The fourth-order valence-electron chi connectivity index (χ4n) is 1.58. The van der Waals surface area contributed by atoms with Crippen LogP contribution in [0.1, 0.15) is 45.5 Å². The van der Waals surface area contributed by atoms with Crippen molar-refractivity contribution in [3.05, 3.63) is 12.2 Å². The average Bonchev–Trinajstić information content (AvgIpc) is 2.76. The summed E-state index contributed by atoms with van der Waals surface area (Å²) in [6.45, 7) is 9.75. The highest BCUT2D eigenvalue weighted by Gasteiger charge is 2.06. The zero-order valence-electron chi connectivity index (χ0n) is 11.1. The lowest BCUT2D eigenvalue weighted by molar-refractivity contribution is 0.132. The number of hydrogen-bond donors (Lipinski definition) is 1. The first kappa shape index (κ1) is 14.1. The second-order valence-electron chi connectivity index (χ2n) is 4.36. The molecule has 1 rings (SSSR count). The van der Waals surface area contributed by atoms with Crippen LogP contribution in [0.3, 0.4) is 0 Å². The van der Waals surface area contributed by atoms with Crippen LogP contribution in [0, 0.1) is 0 Å². The van der Waals surface area contributed by atoms with Gasteiger partial charge in [0, 0.05) is 19.3 Å². The smallest absolute Gasteiger partial charge is 0.141 e. The Hall–Kier alpha value is -0.940. The second kappa shape index (κ2) is 8.20. The number of nitrogens with one attached hydrogen (secondary N) is 1. The van der Waals surface area contributed by atoms with E-state index in [1.54, 1.807) is 6.33 Å². The van der Waals surface area contributed by atoms with E-state index < -0.39 is 0 Å². The minimum absolute atomic E-state index is 0.363. The highest BCUT2D eigenvalue weighted by Crippen LogP contribution is 2.04. The van der Waals surface area contributed by atoms with Crippen LogP contribution in [0.2, 0.25) is 0 Å². The molecule has 5 nitrogen and oxygen atoms in total. The first-order valence-corrected chi connectivity index (χ1v) is 6.42. The fourth-order valence-corrected chi connectivity index (χ4v) is 1.58. The van der Waals surface area contributed by atoms with Crippen molar-refractivity contribution in [2.75, 3.05) is 19.8 Å². The lowest BCUT2D eigenvalue weighted by Crippen LogP contribution is -2.20.